The van der Waals surface area contributed by atoms with E-state index in [1.165, 1.54) is 0 Å². The van der Waals surface area contributed by atoms with Gasteiger partial charge in [0.15, 0.2) is 0 Å². The van der Waals surface area contributed by atoms with E-state index in [0.717, 1.165) is 15.7 Å². The highest BCUT2D eigenvalue weighted by Crippen LogP contribution is 2.45. The highest BCUT2D eigenvalue weighted by atomic mass is 127. The molecule has 1 aliphatic rings. The second kappa shape index (κ2) is 3.30. The van der Waals surface area contributed by atoms with E-state index in [2.05, 4.69) is 39.7 Å². The Hall–Kier alpha value is -0.160. The summed E-state index contributed by atoms with van der Waals surface area (Å²) in [6, 6.07) is 4.12. The summed E-state index contributed by atoms with van der Waals surface area (Å²) < 4.78 is 1.16. The van der Waals surface area contributed by atoms with Crippen LogP contribution in [0.25, 0.3) is 0 Å². The maximum absolute atomic E-state index is 8.86. The number of halogens is 1. The highest BCUT2D eigenvalue weighted by molar-refractivity contribution is 14.1. The van der Waals surface area contributed by atoms with Crippen molar-refractivity contribution in [2.24, 2.45) is 5.92 Å². The van der Waals surface area contributed by atoms with Crippen molar-refractivity contribution in [3.05, 3.63) is 27.6 Å². The van der Waals surface area contributed by atoms with Crippen LogP contribution in [0.4, 0.5) is 0 Å². The molecule has 0 bridgehead atoms. The SMILES string of the molecule is OC[C@H]1C[C@@H]1c1ccc(I)cn1. The molecule has 1 saturated carbocycles. The number of hydrogen-bond donors (Lipinski definition) is 1. The monoisotopic (exact) mass is 275 g/mol. The lowest BCUT2D eigenvalue weighted by Crippen LogP contribution is -1.91. The van der Waals surface area contributed by atoms with Crippen molar-refractivity contribution < 1.29 is 5.11 Å². The molecule has 0 aliphatic heterocycles. The molecular formula is C9H10INO. The van der Waals surface area contributed by atoms with Crippen LogP contribution in [0.2, 0.25) is 0 Å². The molecule has 64 valence electrons. The molecule has 0 spiro atoms. The van der Waals surface area contributed by atoms with E-state index in [1.54, 1.807) is 0 Å². The molecule has 1 aromatic heterocycles. The molecule has 1 N–H and O–H groups in total. The van der Waals surface area contributed by atoms with Crippen molar-refractivity contribution in [3.8, 4) is 0 Å². The molecule has 0 radical (unpaired) electrons. The Morgan fingerprint density at radius 2 is 2.42 bits per heavy atom. The molecular weight excluding hydrogens is 265 g/mol. The van der Waals surface area contributed by atoms with Gasteiger partial charge in [0.05, 0.1) is 0 Å². The Balaban J connectivity index is 2.10. The third kappa shape index (κ3) is 1.61. The lowest BCUT2D eigenvalue weighted by atomic mass is 10.2. The third-order valence-corrected chi connectivity index (χ3v) is 2.93. The van der Waals surface area contributed by atoms with Gasteiger partial charge >= 0.3 is 0 Å². The fourth-order valence-corrected chi connectivity index (χ4v) is 1.74. The predicted molar refractivity (Wildman–Crippen MR) is 54.9 cm³/mol. The van der Waals surface area contributed by atoms with E-state index in [4.69, 9.17) is 5.11 Å². The summed E-state index contributed by atoms with van der Waals surface area (Å²) in [6.07, 6.45) is 2.98. The van der Waals surface area contributed by atoms with Crippen LogP contribution in [0.3, 0.4) is 0 Å². The molecule has 0 saturated heterocycles. The fraction of sp³-hybridized carbons (Fsp3) is 0.444. The zero-order chi connectivity index (χ0) is 8.55. The first-order valence-corrected chi connectivity index (χ1v) is 5.11. The van der Waals surface area contributed by atoms with Gasteiger partial charge in [-0.3, -0.25) is 4.98 Å². The Morgan fingerprint density at radius 3 is 2.92 bits per heavy atom. The van der Waals surface area contributed by atoms with E-state index >= 15 is 0 Å². The van der Waals surface area contributed by atoms with Crippen LogP contribution >= 0.6 is 22.6 Å². The normalized spacial score (nSPS) is 27.2. The Morgan fingerprint density at radius 1 is 1.58 bits per heavy atom. The predicted octanol–water partition coefficient (Wildman–Crippen LogP) is 1.78. The van der Waals surface area contributed by atoms with Crippen molar-refractivity contribution in [1.82, 2.24) is 4.98 Å². The van der Waals surface area contributed by atoms with Crippen LogP contribution in [0.1, 0.15) is 18.0 Å². The van der Waals surface area contributed by atoms with Gasteiger partial charge in [0.2, 0.25) is 0 Å². The number of pyridine rings is 1. The average Bonchev–Trinajstić information content (AvgIpc) is 2.85. The fourth-order valence-electron chi connectivity index (χ4n) is 1.42. The van der Waals surface area contributed by atoms with E-state index in [1.807, 2.05) is 6.20 Å². The molecule has 0 aromatic carbocycles. The number of rotatable bonds is 2. The molecule has 0 amide bonds. The van der Waals surface area contributed by atoms with E-state index in [9.17, 15) is 0 Å². The van der Waals surface area contributed by atoms with Crippen molar-refractivity contribution in [3.63, 3.8) is 0 Å². The summed E-state index contributed by atoms with van der Waals surface area (Å²) in [5.74, 6) is 0.990. The van der Waals surface area contributed by atoms with Gasteiger partial charge in [-0.15, -0.1) is 0 Å². The van der Waals surface area contributed by atoms with Gasteiger partial charge in [-0.05, 0) is 47.1 Å². The quantitative estimate of drug-likeness (QED) is 0.835. The van der Waals surface area contributed by atoms with Gasteiger partial charge in [-0.1, -0.05) is 0 Å². The molecule has 1 aliphatic carbocycles. The van der Waals surface area contributed by atoms with E-state index < -0.39 is 0 Å². The van der Waals surface area contributed by atoms with E-state index in [-0.39, 0.29) is 0 Å². The average molecular weight is 275 g/mol. The summed E-state index contributed by atoms with van der Waals surface area (Å²) >= 11 is 2.24. The number of hydrogen-bond acceptors (Lipinski definition) is 2. The first-order chi connectivity index (χ1) is 5.81. The minimum atomic E-state index is 0.304. The Labute approximate surface area is 85.2 Å². The first kappa shape index (κ1) is 8.44. The van der Waals surface area contributed by atoms with Gasteiger partial charge in [-0.2, -0.15) is 0 Å². The smallest absolute Gasteiger partial charge is 0.0465 e. The van der Waals surface area contributed by atoms with Crippen LogP contribution in [-0.2, 0) is 0 Å². The van der Waals surface area contributed by atoms with Crippen molar-refractivity contribution in [1.29, 1.82) is 0 Å². The number of aromatic nitrogens is 1. The largest absolute Gasteiger partial charge is 0.396 e. The lowest BCUT2D eigenvalue weighted by molar-refractivity contribution is 0.273. The van der Waals surface area contributed by atoms with E-state index in [0.29, 0.717) is 18.4 Å². The molecule has 2 nitrogen and oxygen atoms in total. The summed E-state index contributed by atoms with van der Waals surface area (Å²) in [6.45, 7) is 0.304. The molecule has 1 fully saturated rings. The molecule has 2 rings (SSSR count). The summed E-state index contributed by atoms with van der Waals surface area (Å²) in [5, 5.41) is 8.86. The second-order valence-corrected chi connectivity index (χ2v) is 4.43. The van der Waals surface area contributed by atoms with Crippen LogP contribution in [0, 0.1) is 9.49 Å². The number of aliphatic hydroxyl groups is 1. The topological polar surface area (TPSA) is 33.1 Å². The maximum atomic E-state index is 8.86. The van der Waals surface area contributed by atoms with Crippen molar-refractivity contribution >= 4 is 22.6 Å². The minimum absolute atomic E-state index is 0.304. The highest BCUT2D eigenvalue weighted by Gasteiger charge is 2.38. The standard InChI is InChI=1S/C9H10INO/c10-7-1-2-9(11-4-7)8-3-6(8)5-12/h1-2,4,6,8,12H,3,5H2/t6-,8+/m1/s1. The molecule has 1 heterocycles. The molecule has 1 aromatic rings. The lowest BCUT2D eigenvalue weighted by Gasteiger charge is -1.97. The van der Waals surface area contributed by atoms with Gasteiger partial charge in [0, 0.05) is 28.0 Å². The van der Waals surface area contributed by atoms with Gasteiger partial charge in [0.1, 0.15) is 0 Å². The molecule has 2 atom stereocenters. The second-order valence-electron chi connectivity index (χ2n) is 3.19. The Kier molecular flexibility index (Phi) is 2.32. The first-order valence-electron chi connectivity index (χ1n) is 4.03. The van der Waals surface area contributed by atoms with Gasteiger partial charge in [-0.25, -0.2) is 0 Å². The number of nitrogens with zero attached hydrogens (tertiary/aromatic N) is 1. The Bertz CT molecular complexity index is 272. The summed E-state index contributed by atoms with van der Waals surface area (Å²) in [4.78, 5) is 4.32. The zero-order valence-electron chi connectivity index (χ0n) is 6.57. The van der Waals surface area contributed by atoms with Crippen LogP contribution in [0.5, 0.6) is 0 Å². The van der Waals surface area contributed by atoms with Crippen LogP contribution in [-0.4, -0.2) is 16.7 Å². The van der Waals surface area contributed by atoms with Crippen molar-refractivity contribution in [2.45, 2.75) is 12.3 Å². The summed E-state index contributed by atoms with van der Waals surface area (Å²) in [5.41, 5.74) is 1.13. The van der Waals surface area contributed by atoms with Crippen molar-refractivity contribution in [2.75, 3.05) is 6.61 Å². The van der Waals surface area contributed by atoms with Crippen LogP contribution < -0.4 is 0 Å². The minimum Gasteiger partial charge on any atom is -0.396 e. The molecule has 3 heteroatoms. The summed E-state index contributed by atoms with van der Waals surface area (Å²) in [7, 11) is 0. The zero-order valence-corrected chi connectivity index (χ0v) is 8.73. The molecule has 0 unspecified atom stereocenters. The third-order valence-electron chi connectivity index (χ3n) is 2.29. The van der Waals surface area contributed by atoms with Gasteiger partial charge < -0.3 is 5.11 Å². The maximum Gasteiger partial charge on any atom is 0.0465 e. The molecule has 12 heavy (non-hydrogen) atoms. The number of aliphatic hydroxyl groups excluding tert-OH is 1. The van der Waals surface area contributed by atoms with Gasteiger partial charge in [0.25, 0.3) is 0 Å². The van der Waals surface area contributed by atoms with Crippen LogP contribution in [0.15, 0.2) is 18.3 Å².